The summed E-state index contributed by atoms with van der Waals surface area (Å²) in [6.45, 7) is 10.3. The number of aryl methyl sites for hydroxylation is 1. The number of thioether (sulfide) groups is 1. The molecule has 174 valence electrons. The Labute approximate surface area is 200 Å². The van der Waals surface area contributed by atoms with E-state index in [0.717, 1.165) is 28.8 Å². The van der Waals surface area contributed by atoms with Gasteiger partial charge in [-0.1, -0.05) is 55.4 Å². The molecule has 2 atom stereocenters. The molecule has 1 fully saturated rings. The smallest absolute Gasteiger partial charge is 0.252 e. The summed E-state index contributed by atoms with van der Waals surface area (Å²) in [7, 11) is 0. The zero-order valence-corrected chi connectivity index (χ0v) is 20.4. The molecule has 1 aliphatic rings. The minimum absolute atomic E-state index is 0.0832. The fraction of sp³-hybridized carbons (Fsp3) is 0.423. The Morgan fingerprint density at radius 3 is 2.48 bits per heavy atom. The molecule has 0 bridgehead atoms. The van der Waals surface area contributed by atoms with Crippen LogP contribution in [0.15, 0.2) is 57.9 Å². The van der Waals surface area contributed by atoms with Gasteiger partial charge in [0, 0.05) is 31.1 Å². The third-order valence-corrected chi connectivity index (χ3v) is 6.94. The number of benzene rings is 2. The Balaban J connectivity index is 1.30. The summed E-state index contributed by atoms with van der Waals surface area (Å²) in [5.41, 5.74) is 3.08. The highest BCUT2D eigenvalue weighted by Crippen LogP contribution is 2.26. The van der Waals surface area contributed by atoms with Crippen molar-refractivity contribution in [2.45, 2.75) is 50.9 Å². The first kappa shape index (κ1) is 23.5. The predicted molar refractivity (Wildman–Crippen MR) is 131 cm³/mol. The van der Waals surface area contributed by atoms with Crippen LogP contribution >= 0.6 is 11.8 Å². The van der Waals surface area contributed by atoms with Gasteiger partial charge in [-0.15, -0.1) is 11.8 Å². The monoisotopic (exact) mass is 464 g/mol. The van der Waals surface area contributed by atoms with Gasteiger partial charge in [0.15, 0.2) is 5.82 Å². The Morgan fingerprint density at radius 2 is 1.79 bits per heavy atom. The molecule has 3 aromatic rings. The molecule has 2 heterocycles. The van der Waals surface area contributed by atoms with Crippen LogP contribution < -0.4 is 5.32 Å². The average Bonchev–Trinajstić information content (AvgIpc) is 3.21. The molecule has 1 saturated heterocycles. The molecule has 2 aromatic carbocycles. The quantitative estimate of drug-likeness (QED) is 0.469. The minimum Gasteiger partial charge on any atom is -0.348 e. The molecule has 33 heavy (non-hydrogen) atoms. The van der Waals surface area contributed by atoms with Crippen molar-refractivity contribution in [2.75, 3.05) is 13.1 Å². The summed E-state index contributed by atoms with van der Waals surface area (Å²) < 4.78 is 5.17. The molecule has 0 spiro atoms. The zero-order chi connectivity index (χ0) is 23.2. The average molecular weight is 465 g/mol. The van der Waals surface area contributed by atoms with Crippen LogP contribution in [-0.4, -0.2) is 34.0 Å². The molecule has 7 heteroatoms. The standard InChI is InChI=1S/C26H32N4O2S/c1-18-12-19(2)15-30(14-18)16-22-10-8-21(9-11-22)13-27-26(31)23-6-4-5-7-24(23)33-17-25-28-20(3)29-32-25/h4-11,18-19H,12-17H2,1-3H3,(H,27,31)/t18-,19-/m0/s1. The van der Waals surface area contributed by atoms with Gasteiger partial charge < -0.3 is 9.84 Å². The van der Waals surface area contributed by atoms with Crippen molar-refractivity contribution >= 4 is 17.7 Å². The molecule has 0 radical (unpaired) electrons. The van der Waals surface area contributed by atoms with Crippen LogP contribution in [0.3, 0.4) is 0 Å². The molecular formula is C26H32N4O2S. The number of nitrogens with zero attached hydrogens (tertiary/aromatic N) is 3. The van der Waals surface area contributed by atoms with Crippen LogP contribution in [0.5, 0.6) is 0 Å². The molecule has 6 nitrogen and oxygen atoms in total. The third kappa shape index (κ3) is 6.68. The van der Waals surface area contributed by atoms with Gasteiger partial charge in [-0.25, -0.2) is 0 Å². The van der Waals surface area contributed by atoms with E-state index in [-0.39, 0.29) is 5.91 Å². The van der Waals surface area contributed by atoms with Crippen LogP contribution in [-0.2, 0) is 18.8 Å². The molecular weight excluding hydrogens is 432 g/mol. The lowest BCUT2D eigenvalue weighted by atomic mass is 9.91. The lowest BCUT2D eigenvalue weighted by molar-refractivity contribution is 0.0948. The van der Waals surface area contributed by atoms with Gasteiger partial charge in [0.1, 0.15) is 0 Å². The summed E-state index contributed by atoms with van der Waals surface area (Å²) in [4.78, 5) is 20.5. The second-order valence-corrected chi connectivity index (χ2v) is 10.2. The number of aromatic nitrogens is 2. The maximum absolute atomic E-state index is 12.9. The number of hydrogen-bond donors (Lipinski definition) is 1. The normalized spacial score (nSPS) is 18.9. The van der Waals surface area contributed by atoms with Crippen molar-refractivity contribution in [3.05, 3.63) is 76.9 Å². The Hall–Kier alpha value is -2.64. The first-order valence-electron chi connectivity index (χ1n) is 11.6. The molecule has 1 N–H and O–H groups in total. The highest BCUT2D eigenvalue weighted by molar-refractivity contribution is 7.98. The SMILES string of the molecule is Cc1noc(CSc2ccccc2C(=O)NCc2ccc(CN3C[C@@H](C)C[C@H](C)C3)cc2)n1. The van der Waals surface area contributed by atoms with Gasteiger partial charge in [0.2, 0.25) is 5.89 Å². The van der Waals surface area contributed by atoms with Gasteiger partial charge in [-0.2, -0.15) is 4.98 Å². The largest absolute Gasteiger partial charge is 0.348 e. The van der Waals surface area contributed by atoms with Crippen molar-refractivity contribution in [1.29, 1.82) is 0 Å². The number of likely N-dealkylation sites (tertiary alicyclic amines) is 1. The predicted octanol–water partition coefficient (Wildman–Crippen LogP) is 5.08. The maximum Gasteiger partial charge on any atom is 0.252 e. The van der Waals surface area contributed by atoms with Crippen LogP contribution in [0.1, 0.15) is 53.5 Å². The van der Waals surface area contributed by atoms with Crippen molar-refractivity contribution in [3.63, 3.8) is 0 Å². The number of piperidine rings is 1. The molecule has 0 saturated carbocycles. The van der Waals surface area contributed by atoms with Crippen molar-refractivity contribution in [2.24, 2.45) is 11.8 Å². The van der Waals surface area contributed by atoms with E-state index in [2.05, 4.69) is 58.5 Å². The number of nitrogens with one attached hydrogen (secondary N) is 1. The van der Waals surface area contributed by atoms with E-state index in [1.54, 1.807) is 6.92 Å². The van der Waals surface area contributed by atoms with Crippen LogP contribution in [0, 0.1) is 18.8 Å². The summed E-state index contributed by atoms with van der Waals surface area (Å²) in [5, 5.41) is 6.87. The van der Waals surface area contributed by atoms with E-state index in [4.69, 9.17) is 4.52 Å². The van der Waals surface area contributed by atoms with Gasteiger partial charge in [-0.05, 0) is 48.4 Å². The van der Waals surface area contributed by atoms with E-state index in [9.17, 15) is 4.79 Å². The fourth-order valence-corrected chi connectivity index (χ4v) is 5.42. The van der Waals surface area contributed by atoms with E-state index in [1.807, 2.05) is 24.3 Å². The second-order valence-electron chi connectivity index (χ2n) is 9.16. The Morgan fingerprint density at radius 1 is 1.09 bits per heavy atom. The zero-order valence-electron chi connectivity index (χ0n) is 19.6. The summed E-state index contributed by atoms with van der Waals surface area (Å²) in [6.07, 6.45) is 1.33. The molecule has 4 rings (SSSR count). The second kappa shape index (κ2) is 11.0. The van der Waals surface area contributed by atoms with E-state index in [0.29, 0.717) is 29.6 Å². The number of rotatable bonds is 8. The van der Waals surface area contributed by atoms with Crippen LogP contribution in [0.2, 0.25) is 0 Å². The lowest BCUT2D eigenvalue weighted by Crippen LogP contribution is -2.38. The number of carbonyl (C=O) groups excluding carboxylic acids is 1. The first-order valence-corrected chi connectivity index (χ1v) is 12.5. The highest BCUT2D eigenvalue weighted by Gasteiger charge is 2.21. The summed E-state index contributed by atoms with van der Waals surface area (Å²) in [5.74, 6) is 3.14. The van der Waals surface area contributed by atoms with Crippen molar-refractivity contribution in [3.8, 4) is 0 Å². The third-order valence-electron chi connectivity index (χ3n) is 5.88. The van der Waals surface area contributed by atoms with E-state index < -0.39 is 0 Å². The number of carbonyl (C=O) groups is 1. The fourth-order valence-electron chi connectivity index (χ4n) is 4.54. The lowest BCUT2D eigenvalue weighted by Gasteiger charge is -2.35. The Bertz CT molecular complexity index is 1060. The molecule has 0 unspecified atom stereocenters. The topological polar surface area (TPSA) is 71.3 Å². The molecule has 1 amide bonds. The van der Waals surface area contributed by atoms with Gasteiger partial charge in [-0.3, -0.25) is 9.69 Å². The van der Waals surface area contributed by atoms with Gasteiger partial charge in [0.05, 0.1) is 11.3 Å². The minimum atomic E-state index is -0.0832. The molecule has 1 aromatic heterocycles. The van der Waals surface area contributed by atoms with Crippen molar-refractivity contribution < 1.29 is 9.32 Å². The van der Waals surface area contributed by atoms with E-state index in [1.165, 1.54) is 36.8 Å². The molecule has 1 aliphatic heterocycles. The number of hydrogen-bond acceptors (Lipinski definition) is 6. The molecule has 0 aliphatic carbocycles. The summed E-state index contributed by atoms with van der Waals surface area (Å²) in [6, 6.07) is 16.2. The highest BCUT2D eigenvalue weighted by atomic mass is 32.2. The van der Waals surface area contributed by atoms with Crippen LogP contribution in [0.4, 0.5) is 0 Å². The van der Waals surface area contributed by atoms with Gasteiger partial charge >= 0.3 is 0 Å². The Kier molecular flexibility index (Phi) is 7.83. The van der Waals surface area contributed by atoms with Gasteiger partial charge in [0.25, 0.3) is 5.91 Å². The van der Waals surface area contributed by atoms with Crippen LogP contribution in [0.25, 0.3) is 0 Å². The maximum atomic E-state index is 12.9. The van der Waals surface area contributed by atoms with E-state index >= 15 is 0 Å². The summed E-state index contributed by atoms with van der Waals surface area (Å²) >= 11 is 1.52. The number of amides is 1. The first-order chi connectivity index (χ1) is 16.0. The van der Waals surface area contributed by atoms with Crippen molar-refractivity contribution in [1.82, 2.24) is 20.4 Å².